The highest BCUT2D eigenvalue weighted by atomic mass is 32.2. The molecule has 2 atom stereocenters. The summed E-state index contributed by atoms with van der Waals surface area (Å²) in [6, 6.07) is 5.69. The van der Waals surface area contributed by atoms with E-state index in [1.807, 2.05) is 0 Å². The van der Waals surface area contributed by atoms with E-state index in [4.69, 9.17) is 0 Å². The van der Waals surface area contributed by atoms with E-state index >= 15 is 0 Å². The number of nitrogens with one attached hydrogen (secondary N) is 3. The third-order valence-corrected chi connectivity index (χ3v) is 5.55. The molecule has 1 heterocycles. The molecule has 0 aliphatic carbocycles. The molecule has 2 amide bonds. The van der Waals surface area contributed by atoms with Crippen molar-refractivity contribution in [1.29, 1.82) is 0 Å². The Morgan fingerprint density at radius 2 is 1.85 bits per heavy atom. The zero-order chi connectivity index (χ0) is 19.3. The molecule has 0 saturated carbocycles. The van der Waals surface area contributed by atoms with Gasteiger partial charge in [0.1, 0.15) is 6.04 Å². The molecule has 9 heteroatoms. The quantitative estimate of drug-likeness (QED) is 0.597. The van der Waals surface area contributed by atoms with Crippen molar-refractivity contribution < 1.29 is 22.8 Å². The smallest absolute Gasteiger partial charge is 0.289 e. The highest BCUT2D eigenvalue weighted by Crippen LogP contribution is 2.12. The third kappa shape index (κ3) is 4.89. The van der Waals surface area contributed by atoms with Crippen LogP contribution in [0.2, 0.25) is 0 Å². The van der Waals surface area contributed by atoms with E-state index in [0.29, 0.717) is 19.4 Å². The number of carbonyl (C=O) groups is 3. The molecular formula is C17H23N3O5S. The number of ketones is 1. The first-order chi connectivity index (χ1) is 12.2. The standard InChI is InChI=1S/C17H23N3O5S/c1-11(2)14(20-26(24,25)12-7-4-3-5-8-12)16(22)19-13-9-6-10-18-17(23)15(13)21/h3-5,7-8,11,13-14,20H,6,9-10H2,1-2H3,(H,18,23)(H,19,22). The molecule has 1 aliphatic rings. The zero-order valence-corrected chi connectivity index (χ0v) is 15.5. The highest BCUT2D eigenvalue weighted by Gasteiger charge is 2.33. The number of amides is 2. The Balaban J connectivity index is 2.15. The van der Waals surface area contributed by atoms with Crippen molar-refractivity contribution >= 4 is 27.6 Å². The summed E-state index contributed by atoms with van der Waals surface area (Å²) in [6.07, 6.45) is 0.865. The molecule has 1 aromatic rings. The van der Waals surface area contributed by atoms with Crippen LogP contribution >= 0.6 is 0 Å². The monoisotopic (exact) mass is 381 g/mol. The molecule has 1 fully saturated rings. The molecule has 1 aliphatic heterocycles. The summed E-state index contributed by atoms with van der Waals surface area (Å²) in [7, 11) is -3.90. The molecular weight excluding hydrogens is 358 g/mol. The Morgan fingerprint density at radius 3 is 2.46 bits per heavy atom. The summed E-state index contributed by atoms with van der Waals surface area (Å²) in [5.74, 6) is -2.45. The van der Waals surface area contributed by atoms with Gasteiger partial charge in [0.15, 0.2) is 0 Å². The number of hydrogen-bond donors (Lipinski definition) is 3. The summed E-state index contributed by atoms with van der Waals surface area (Å²) >= 11 is 0. The van der Waals surface area contributed by atoms with Gasteiger partial charge in [-0.1, -0.05) is 32.0 Å². The van der Waals surface area contributed by atoms with Gasteiger partial charge in [0, 0.05) is 6.54 Å². The Bertz CT molecular complexity index is 777. The van der Waals surface area contributed by atoms with Crippen LogP contribution in [-0.2, 0) is 24.4 Å². The van der Waals surface area contributed by atoms with Crippen LogP contribution in [0.3, 0.4) is 0 Å². The summed E-state index contributed by atoms with van der Waals surface area (Å²) in [5, 5.41) is 4.98. The number of carbonyl (C=O) groups excluding carboxylic acids is 3. The van der Waals surface area contributed by atoms with Crippen molar-refractivity contribution in [3.05, 3.63) is 30.3 Å². The third-order valence-electron chi connectivity index (χ3n) is 4.10. The highest BCUT2D eigenvalue weighted by molar-refractivity contribution is 7.89. The molecule has 0 spiro atoms. The van der Waals surface area contributed by atoms with Crippen LogP contribution in [0.25, 0.3) is 0 Å². The number of rotatable bonds is 6. The van der Waals surface area contributed by atoms with Crippen molar-refractivity contribution in [2.75, 3.05) is 6.54 Å². The Kier molecular flexibility index (Phi) is 6.49. The van der Waals surface area contributed by atoms with Gasteiger partial charge in [0.25, 0.3) is 5.91 Å². The number of hydrogen-bond acceptors (Lipinski definition) is 5. The van der Waals surface area contributed by atoms with Gasteiger partial charge < -0.3 is 10.6 Å². The number of sulfonamides is 1. The molecule has 0 aromatic heterocycles. The van der Waals surface area contributed by atoms with Gasteiger partial charge in [0.2, 0.25) is 21.7 Å². The van der Waals surface area contributed by atoms with E-state index in [9.17, 15) is 22.8 Å². The molecule has 3 N–H and O–H groups in total. The fourth-order valence-electron chi connectivity index (χ4n) is 2.61. The molecule has 2 unspecified atom stereocenters. The first-order valence-corrected chi connectivity index (χ1v) is 9.90. The SMILES string of the molecule is CC(C)C(NS(=O)(=O)c1ccccc1)C(=O)NC1CCCNC(=O)C1=O. The minimum atomic E-state index is -3.90. The fourth-order valence-corrected chi connectivity index (χ4v) is 3.98. The lowest BCUT2D eigenvalue weighted by Gasteiger charge is -2.24. The van der Waals surface area contributed by atoms with Gasteiger partial charge in [-0.05, 0) is 30.9 Å². The molecule has 0 bridgehead atoms. The van der Waals surface area contributed by atoms with Crippen LogP contribution < -0.4 is 15.4 Å². The Morgan fingerprint density at radius 1 is 1.19 bits per heavy atom. The van der Waals surface area contributed by atoms with E-state index in [1.165, 1.54) is 12.1 Å². The second-order valence-electron chi connectivity index (χ2n) is 6.48. The van der Waals surface area contributed by atoms with Gasteiger partial charge >= 0.3 is 0 Å². The van der Waals surface area contributed by atoms with Crippen LogP contribution in [0.1, 0.15) is 26.7 Å². The first kappa shape index (κ1) is 20.1. The topological polar surface area (TPSA) is 121 Å². The maximum absolute atomic E-state index is 12.6. The zero-order valence-electron chi connectivity index (χ0n) is 14.7. The van der Waals surface area contributed by atoms with E-state index in [-0.39, 0.29) is 10.8 Å². The first-order valence-electron chi connectivity index (χ1n) is 8.42. The maximum atomic E-state index is 12.6. The lowest BCUT2D eigenvalue weighted by Crippen LogP contribution is -2.54. The minimum Gasteiger partial charge on any atom is -0.349 e. The van der Waals surface area contributed by atoms with Gasteiger partial charge in [-0.25, -0.2) is 8.42 Å². The van der Waals surface area contributed by atoms with Crippen molar-refractivity contribution in [2.45, 2.75) is 43.7 Å². The molecule has 8 nitrogen and oxygen atoms in total. The van der Waals surface area contributed by atoms with E-state index in [1.54, 1.807) is 32.0 Å². The molecule has 142 valence electrons. The second-order valence-corrected chi connectivity index (χ2v) is 8.19. The molecule has 26 heavy (non-hydrogen) atoms. The van der Waals surface area contributed by atoms with Crippen molar-refractivity contribution in [2.24, 2.45) is 5.92 Å². The van der Waals surface area contributed by atoms with Crippen molar-refractivity contribution in [3.8, 4) is 0 Å². The average molecular weight is 381 g/mol. The van der Waals surface area contributed by atoms with Gasteiger partial charge in [-0.2, -0.15) is 4.72 Å². The normalized spacial score (nSPS) is 19.6. The van der Waals surface area contributed by atoms with E-state index in [0.717, 1.165) is 0 Å². The van der Waals surface area contributed by atoms with Gasteiger partial charge in [-0.15, -0.1) is 0 Å². The second kappa shape index (κ2) is 8.41. The molecule has 2 rings (SSSR count). The Hall–Kier alpha value is -2.26. The van der Waals surface area contributed by atoms with Crippen LogP contribution in [-0.4, -0.2) is 44.6 Å². The molecule has 1 saturated heterocycles. The maximum Gasteiger partial charge on any atom is 0.289 e. The van der Waals surface area contributed by atoms with E-state index in [2.05, 4.69) is 15.4 Å². The Labute approximate surface area is 152 Å². The summed E-state index contributed by atoms with van der Waals surface area (Å²) in [4.78, 5) is 36.3. The summed E-state index contributed by atoms with van der Waals surface area (Å²) in [5.41, 5.74) is 0. The van der Waals surface area contributed by atoms with Crippen LogP contribution in [0, 0.1) is 5.92 Å². The van der Waals surface area contributed by atoms with Crippen LogP contribution in [0.5, 0.6) is 0 Å². The summed E-state index contributed by atoms with van der Waals surface area (Å²) in [6.45, 7) is 3.75. The fraction of sp³-hybridized carbons (Fsp3) is 0.471. The summed E-state index contributed by atoms with van der Waals surface area (Å²) < 4.78 is 27.4. The van der Waals surface area contributed by atoms with Crippen molar-refractivity contribution in [1.82, 2.24) is 15.4 Å². The van der Waals surface area contributed by atoms with Gasteiger partial charge in [0.05, 0.1) is 10.9 Å². The predicted molar refractivity (Wildman–Crippen MR) is 94.6 cm³/mol. The lowest BCUT2D eigenvalue weighted by molar-refractivity contribution is -0.139. The number of Topliss-reactive ketones (excluding diaryl/α,β-unsaturated/α-hetero) is 1. The van der Waals surface area contributed by atoms with E-state index < -0.39 is 39.7 Å². The largest absolute Gasteiger partial charge is 0.349 e. The predicted octanol–water partition coefficient (Wildman–Crippen LogP) is -0.0466. The molecule has 0 radical (unpaired) electrons. The van der Waals surface area contributed by atoms with Crippen LogP contribution in [0.15, 0.2) is 35.2 Å². The number of benzene rings is 1. The minimum absolute atomic E-state index is 0.0448. The average Bonchev–Trinajstić information content (AvgIpc) is 2.76. The van der Waals surface area contributed by atoms with Crippen molar-refractivity contribution in [3.63, 3.8) is 0 Å². The lowest BCUT2D eigenvalue weighted by atomic mass is 10.0. The van der Waals surface area contributed by atoms with Gasteiger partial charge in [-0.3, -0.25) is 14.4 Å². The molecule has 1 aromatic carbocycles. The van der Waals surface area contributed by atoms with Crippen LogP contribution in [0.4, 0.5) is 0 Å².